The summed E-state index contributed by atoms with van der Waals surface area (Å²) in [7, 11) is 1.64. The highest BCUT2D eigenvalue weighted by Crippen LogP contribution is 2.26. The lowest BCUT2D eigenvalue weighted by Gasteiger charge is -2.29. The van der Waals surface area contributed by atoms with Crippen molar-refractivity contribution in [2.24, 2.45) is 9.98 Å². The molecule has 1 atom stereocenters. The van der Waals surface area contributed by atoms with E-state index in [1.54, 1.807) is 7.11 Å². The molecule has 5 nitrogen and oxygen atoms in total. The number of amidine groups is 1. The average Bonchev–Trinajstić information content (AvgIpc) is 2.58. The van der Waals surface area contributed by atoms with Crippen LogP contribution in [-0.2, 0) is 4.79 Å². The highest BCUT2D eigenvalue weighted by molar-refractivity contribution is 8.17. The second kappa shape index (κ2) is 8.87. The van der Waals surface area contributed by atoms with E-state index in [0.717, 1.165) is 42.4 Å². The number of rotatable bonds is 6. The summed E-state index contributed by atoms with van der Waals surface area (Å²) in [6, 6.07) is 7.59. The Morgan fingerprint density at radius 3 is 2.38 bits per heavy atom. The third-order valence-corrected chi connectivity index (χ3v) is 4.69. The Hall–Kier alpha value is -1.82. The first-order chi connectivity index (χ1) is 11.6. The van der Waals surface area contributed by atoms with Crippen molar-refractivity contribution >= 4 is 34.2 Å². The minimum atomic E-state index is -0.198. The van der Waals surface area contributed by atoms with Crippen molar-refractivity contribution in [1.29, 1.82) is 0 Å². The molecule has 1 unspecified atom stereocenters. The van der Waals surface area contributed by atoms with E-state index < -0.39 is 0 Å². The molecule has 1 heterocycles. The van der Waals surface area contributed by atoms with Crippen LogP contribution in [0, 0.1) is 0 Å². The fourth-order valence-electron chi connectivity index (χ4n) is 2.43. The summed E-state index contributed by atoms with van der Waals surface area (Å²) in [5.41, 5.74) is 0.834. The highest BCUT2D eigenvalue weighted by Gasteiger charge is 2.29. The lowest BCUT2D eigenvalue weighted by Crippen LogP contribution is -2.41. The molecule has 6 heteroatoms. The number of nitrogens with zero attached hydrogens (tertiary/aromatic N) is 3. The lowest BCUT2D eigenvalue weighted by atomic mass is 10.3. The van der Waals surface area contributed by atoms with Crippen LogP contribution in [-0.4, -0.2) is 47.1 Å². The maximum atomic E-state index is 12.1. The number of carbonyl (C=O) groups is 1. The van der Waals surface area contributed by atoms with Crippen LogP contribution in [0.25, 0.3) is 0 Å². The zero-order valence-corrected chi connectivity index (χ0v) is 15.6. The van der Waals surface area contributed by atoms with Crippen molar-refractivity contribution in [3.8, 4) is 5.75 Å². The van der Waals surface area contributed by atoms with E-state index in [2.05, 4.69) is 23.7 Å². The molecule has 1 amide bonds. The number of ether oxygens (including phenoxy) is 1. The van der Waals surface area contributed by atoms with Crippen molar-refractivity contribution in [3.05, 3.63) is 24.3 Å². The minimum absolute atomic E-state index is 0.0825. The monoisotopic (exact) mass is 347 g/mol. The Bertz CT molecular complexity index is 620. The summed E-state index contributed by atoms with van der Waals surface area (Å²) in [4.78, 5) is 23.3. The first kappa shape index (κ1) is 18.5. The van der Waals surface area contributed by atoms with E-state index >= 15 is 0 Å². The predicted octanol–water partition coefficient (Wildman–Crippen LogP) is 3.91. The maximum absolute atomic E-state index is 12.1. The zero-order chi connectivity index (χ0) is 17.5. The number of amides is 1. The Morgan fingerprint density at radius 1 is 1.21 bits per heavy atom. The van der Waals surface area contributed by atoms with E-state index in [0.29, 0.717) is 5.84 Å². The summed E-state index contributed by atoms with van der Waals surface area (Å²) < 4.78 is 5.18. The topological polar surface area (TPSA) is 54.3 Å². The van der Waals surface area contributed by atoms with Gasteiger partial charge in [0.25, 0.3) is 5.91 Å². The molecule has 1 aliphatic rings. The van der Waals surface area contributed by atoms with Gasteiger partial charge in [-0.3, -0.25) is 4.79 Å². The fraction of sp³-hybridized carbons (Fsp3) is 0.500. The van der Waals surface area contributed by atoms with E-state index in [1.807, 2.05) is 31.2 Å². The van der Waals surface area contributed by atoms with Gasteiger partial charge in [-0.15, -0.1) is 0 Å². The normalized spacial score (nSPS) is 19.3. The average molecular weight is 347 g/mol. The van der Waals surface area contributed by atoms with Crippen LogP contribution in [0.1, 0.15) is 33.6 Å². The van der Waals surface area contributed by atoms with E-state index in [-0.39, 0.29) is 11.2 Å². The Morgan fingerprint density at radius 2 is 1.83 bits per heavy atom. The van der Waals surface area contributed by atoms with E-state index in [4.69, 9.17) is 9.73 Å². The van der Waals surface area contributed by atoms with Gasteiger partial charge in [0, 0.05) is 13.1 Å². The molecule has 0 bridgehead atoms. The molecule has 0 radical (unpaired) electrons. The number of aliphatic imine (C=N–C) groups is 2. The third-order valence-electron chi connectivity index (χ3n) is 3.63. The maximum Gasteiger partial charge on any atom is 0.260 e. The molecule has 1 aliphatic heterocycles. The van der Waals surface area contributed by atoms with Gasteiger partial charge in [-0.05, 0) is 44.0 Å². The van der Waals surface area contributed by atoms with Crippen molar-refractivity contribution in [2.45, 2.75) is 38.9 Å². The molecule has 0 aromatic heterocycles. The number of hydrogen-bond donors (Lipinski definition) is 0. The van der Waals surface area contributed by atoms with Crippen molar-refractivity contribution in [1.82, 2.24) is 4.90 Å². The van der Waals surface area contributed by atoms with Gasteiger partial charge in [0.2, 0.25) is 0 Å². The molecule has 1 aromatic carbocycles. The Kier molecular flexibility index (Phi) is 6.85. The third kappa shape index (κ3) is 4.60. The molecule has 0 fully saturated rings. The molecule has 24 heavy (non-hydrogen) atoms. The number of methoxy groups -OCH3 is 1. The first-order valence-electron chi connectivity index (χ1n) is 8.36. The van der Waals surface area contributed by atoms with Gasteiger partial charge >= 0.3 is 0 Å². The van der Waals surface area contributed by atoms with Gasteiger partial charge in [-0.1, -0.05) is 25.6 Å². The van der Waals surface area contributed by atoms with Gasteiger partial charge in [0.15, 0.2) is 5.84 Å². The summed E-state index contributed by atoms with van der Waals surface area (Å²) in [5.74, 6) is 1.43. The molecule has 2 rings (SSSR count). The number of benzene rings is 1. The Labute approximate surface area is 148 Å². The van der Waals surface area contributed by atoms with Gasteiger partial charge in [0.05, 0.1) is 18.0 Å². The van der Waals surface area contributed by atoms with Crippen LogP contribution in [0.15, 0.2) is 34.3 Å². The summed E-state index contributed by atoms with van der Waals surface area (Å²) in [5, 5.41) is 0.616. The van der Waals surface area contributed by atoms with E-state index in [9.17, 15) is 4.79 Å². The van der Waals surface area contributed by atoms with Crippen molar-refractivity contribution < 1.29 is 9.53 Å². The largest absolute Gasteiger partial charge is 0.497 e. The lowest BCUT2D eigenvalue weighted by molar-refractivity contribution is -0.117. The van der Waals surface area contributed by atoms with Crippen LogP contribution in [0.3, 0.4) is 0 Å². The number of thioether (sulfide) groups is 1. The second-order valence-corrected chi connectivity index (χ2v) is 6.97. The van der Waals surface area contributed by atoms with Crippen molar-refractivity contribution in [3.63, 3.8) is 0 Å². The highest BCUT2D eigenvalue weighted by atomic mass is 32.2. The molecular weight excluding hydrogens is 322 g/mol. The van der Waals surface area contributed by atoms with E-state index in [1.165, 1.54) is 11.8 Å². The SMILES string of the molecule is CCCN(CCC)C1=NC(=O)C(C)SC1=Nc1ccc(OC)cc1. The molecule has 0 N–H and O–H groups in total. The first-order valence-corrected chi connectivity index (χ1v) is 9.24. The molecule has 130 valence electrons. The summed E-state index contributed by atoms with van der Waals surface area (Å²) in [6.07, 6.45) is 2.01. The van der Waals surface area contributed by atoms with Gasteiger partial charge in [-0.25, -0.2) is 4.99 Å². The molecule has 1 aromatic rings. The van der Waals surface area contributed by atoms with Crippen LogP contribution in [0.2, 0.25) is 0 Å². The van der Waals surface area contributed by atoms with Crippen LogP contribution in [0.4, 0.5) is 5.69 Å². The standard InChI is InChI=1S/C18H25N3O2S/c1-5-11-21(12-6-2)16-18(24-13(3)17(22)20-16)19-14-7-9-15(23-4)10-8-14/h7-10,13H,5-6,11-12H2,1-4H3. The second-order valence-electron chi connectivity index (χ2n) is 5.64. The Balaban J connectivity index is 2.36. The zero-order valence-electron chi connectivity index (χ0n) is 14.8. The number of carbonyl (C=O) groups excluding carboxylic acids is 1. The number of hydrogen-bond acceptors (Lipinski definition) is 5. The molecule has 0 saturated carbocycles. The molecule has 0 aliphatic carbocycles. The van der Waals surface area contributed by atoms with Gasteiger partial charge in [0.1, 0.15) is 10.8 Å². The van der Waals surface area contributed by atoms with Crippen LogP contribution in [0.5, 0.6) is 5.75 Å². The van der Waals surface area contributed by atoms with Crippen LogP contribution >= 0.6 is 11.8 Å². The molecular formula is C18H25N3O2S. The molecule has 0 spiro atoms. The predicted molar refractivity (Wildman–Crippen MR) is 102 cm³/mol. The van der Waals surface area contributed by atoms with Gasteiger partial charge < -0.3 is 9.64 Å². The quantitative estimate of drug-likeness (QED) is 0.783. The fourth-order valence-corrected chi connectivity index (χ4v) is 3.36. The minimum Gasteiger partial charge on any atom is -0.497 e. The summed E-state index contributed by atoms with van der Waals surface area (Å²) >= 11 is 1.48. The van der Waals surface area contributed by atoms with Crippen molar-refractivity contribution in [2.75, 3.05) is 20.2 Å². The van der Waals surface area contributed by atoms with Crippen LogP contribution < -0.4 is 4.74 Å². The smallest absolute Gasteiger partial charge is 0.260 e. The summed E-state index contributed by atoms with van der Waals surface area (Å²) in [6.45, 7) is 7.88. The van der Waals surface area contributed by atoms with Gasteiger partial charge in [-0.2, -0.15) is 4.99 Å². The molecule has 0 saturated heterocycles.